The fourth-order valence-electron chi connectivity index (χ4n) is 0.256. The van der Waals surface area contributed by atoms with Gasteiger partial charge in [0.25, 0.3) is 0 Å². The number of ether oxygens (including phenoxy) is 1. The first kappa shape index (κ1) is 8.49. The quantitative estimate of drug-likeness (QED) is 0.531. The molecular formula is C5H7F3O. The van der Waals surface area contributed by atoms with Gasteiger partial charge in [0.15, 0.2) is 0 Å². The Labute approximate surface area is 51.1 Å². The van der Waals surface area contributed by atoms with E-state index in [0.717, 1.165) is 0 Å². The molecule has 0 rings (SSSR count). The van der Waals surface area contributed by atoms with Crippen LogP contribution in [0, 0.1) is 0 Å². The summed E-state index contributed by atoms with van der Waals surface area (Å²) in [6.45, 7) is 2.31. The summed E-state index contributed by atoms with van der Waals surface area (Å²) >= 11 is 0. The largest absolute Gasteiger partial charge is 0.414 e. The molecule has 1 nitrogen and oxygen atoms in total. The predicted molar refractivity (Wildman–Crippen MR) is 27.1 cm³/mol. The third kappa shape index (κ3) is 3.13. The number of rotatable bonds is 2. The van der Waals surface area contributed by atoms with Crippen molar-refractivity contribution in [2.75, 3.05) is 13.7 Å². The third-order valence-electron chi connectivity index (χ3n) is 0.719. The van der Waals surface area contributed by atoms with Gasteiger partial charge in [-0.15, -0.1) is 0 Å². The van der Waals surface area contributed by atoms with Gasteiger partial charge in [0, 0.05) is 7.11 Å². The predicted octanol–water partition coefficient (Wildman–Crippen LogP) is 1.75. The summed E-state index contributed by atoms with van der Waals surface area (Å²) in [5.41, 5.74) is -0.856. The summed E-state index contributed by atoms with van der Waals surface area (Å²) in [7, 11) is 1.19. The van der Waals surface area contributed by atoms with Gasteiger partial charge in [-0.25, -0.2) is 0 Å². The van der Waals surface area contributed by atoms with Gasteiger partial charge in [0.1, 0.15) is 0 Å². The van der Waals surface area contributed by atoms with Gasteiger partial charge in [0.2, 0.25) is 0 Å². The Morgan fingerprint density at radius 1 is 1.56 bits per heavy atom. The molecule has 0 radical (unpaired) electrons. The summed E-state index contributed by atoms with van der Waals surface area (Å²) in [4.78, 5) is 0. The third-order valence-corrected chi connectivity index (χ3v) is 0.719. The number of halogens is 3. The van der Waals surface area contributed by atoms with E-state index in [9.17, 15) is 13.2 Å². The Kier molecular flexibility index (Phi) is 2.70. The highest BCUT2D eigenvalue weighted by Crippen LogP contribution is 2.23. The molecule has 0 aromatic carbocycles. The average molecular weight is 140 g/mol. The summed E-state index contributed by atoms with van der Waals surface area (Å²) in [5.74, 6) is 0. The Bertz CT molecular complexity index is 105. The summed E-state index contributed by atoms with van der Waals surface area (Å²) in [6.07, 6.45) is -4.31. The van der Waals surface area contributed by atoms with E-state index >= 15 is 0 Å². The van der Waals surface area contributed by atoms with Crippen LogP contribution in [0.25, 0.3) is 0 Å². The van der Waals surface area contributed by atoms with Crippen molar-refractivity contribution in [2.24, 2.45) is 0 Å². The lowest BCUT2D eigenvalue weighted by Crippen LogP contribution is -2.14. The molecule has 0 atom stereocenters. The van der Waals surface area contributed by atoms with E-state index in [1.807, 2.05) is 0 Å². The molecule has 0 N–H and O–H groups in total. The molecule has 0 aliphatic rings. The second-order valence-electron chi connectivity index (χ2n) is 1.53. The Balaban J connectivity index is 3.74. The van der Waals surface area contributed by atoms with E-state index in [4.69, 9.17) is 0 Å². The fourth-order valence-corrected chi connectivity index (χ4v) is 0.256. The molecule has 54 valence electrons. The lowest BCUT2D eigenvalue weighted by Gasteiger charge is -2.07. The Morgan fingerprint density at radius 3 is 2.11 bits per heavy atom. The standard InChI is InChI=1S/C5H7F3O/c1-4(3-9-2)5(6,7)8/h1,3H2,2H3. The zero-order valence-corrected chi connectivity index (χ0v) is 4.96. The van der Waals surface area contributed by atoms with Crippen LogP contribution in [0.15, 0.2) is 12.2 Å². The second-order valence-corrected chi connectivity index (χ2v) is 1.53. The lowest BCUT2D eigenvalue weighted by atomic mass is 10.3. The Hall–Kier alpha value is -0.510. The molecule has 0 aliphatic carbocycles. The molecule has 0 saturated carbocycles. The monoisotopic (exact) mass is 140 g/mol. The van der Waals surface area contributed by atoms with Gasteiger partial charge in [-0.1, -0.05) is 6.58 Å². The van der Waals surface area contributed by atoms with Crippen molar-refractivity contribution in [1.82, 2.24) is 0 Å². The van der Waals surface area contributed by atoms with E-state index in [2.05, 4.69) is 11.3 Å². The van der Waals surface area contributed by atoms with Gasteiger partial charge in [-0.2, -0.15) is 13.2 Å². The Morgan fingerprint density at radius 2 is 2.00 bits per heavy atom. The lowest BCUT2D eigenvalue weighted by molar-refractivity contribution is -0.0985. The van der Waals surface area contributed by atoms with Crippen molar-refractivity contribution in [3.63, 3.8) is 0 Å². The van der Waals surface area contributed by atoms with Crippen LogP contribution in [-0.2, 0) is 4.74 Å². The van der Waals surface area contributed by atoms with Crippen molar-refractivity contribution in [2.45, 2.75) is 6.18 Å². The molecule has 0 fully saturated rings. The van der Waals surface area contributed by atoms with Gasteiger partial charge in [-0.3, -0.25) is 0 Å². The molecule has 0 unspecified atom stereocenters. The minimum absolute atomic E-state index is 0.455. The van der Waals surface area contributed by atoms with E-state index < -0.39 is 18.4 Å². The van der Waals surface area contributed by atoms with Crippen LogP contribution >= 0.6 is 0 Å². The van der Waals surface area contributed by atoms with Gasteiger partial charge in [0.05, 0.1) is 12.2 Å². The van der Waals surface area contributed by atoms with Crippen LogP contribution in [0.5, 0.6) is 0 Å². The maximum absolute atomic E-state index is 11.5. The molecule has 0 aromatic heterocycles. The van der Waals surface area contributed by atoms with Gasteiger partial charge >= 0.3 is 6.18 Å². The normalized spacial score (nSPS) is 11.6. The molecule has 0 amide bonds. The second kappa shape index (κ2) is 2.87. The number of methoxy groups -OCH3 is 1. The number of alkyl halides is 3. The minimum Gasteiger partial charge on any atom is -0.380 e. The maximum Gasteiger partial charge on any atom is 0.414 e. The van der Waals surface area contributed by atoms with Crippen molar-refractivity contribution < 1.29 is 17.9 Å². The summed E-state index contributed by atoms with van der Waals surface area (Å²) in [6, 6.07) is 0. The molecule has 4 heteroatoms. The van der Waals surface area contributed by atoms with E-state index in [1.54, 1.807) is 0 Å². The molecule has 0 heterocycles. The van der Waals surface area contributed by atoms with Gasteiger partial charge in [-0.05, 0) is 0 Å². The smallest absolute Gasteiger partial charge is 0.380 e. The van der Waals surface area contributed by atoms with Crippen molar-refractivity contribution in [1.29, 1.82) is 0 Å². The maximum atomic E-state index is 11.5. The highest BCUT2D eigenvalue weighted by molar-refractivity contribution is 5.02. The van der Waals surface area contributed by atoms with Crippen LogP contribution in [0.1, 0.15) is 0 Å². The molecule has 0 aliphatic heterocycles. The first-order chi connectivity index (χ1) is 3.98. The highest BCUT2D eigenvalue weighted by Gasteiger charge is 2.31. The first-order valence-corrected chi connectivity index (χ1v) is 2.22. The average Bonchev–Trinajstić information content (AvgIpc) is 1.64. The zero-order chi connectivity index (χ0) is 7.49. The highest BCUT2D eigenvalue weighted by atomic mass is 19.4. The molecule has 9 heavy (non-hydrogen) atoms. The summed E-state index contributed by atoms with van der Waals surface area (Å²) in [5, 5.41) is 0. The van der Waals surface area contributed by atoms with E-state index in [-0.39, 0.29) is 0 Å². The molecule has 0 spiro atoms. The van der Waals surface area contributed by atoms with Crippen LogP contribution in [0.2, 0.25) is 0 Å². The van der Waals surface area contributed by atoms with Crippen LogP contribution in [0.3, 0.4) is 0 Å². The van der Waals surface area contributed by atoms with E-state index in [1.165, 1.54) is 7.11 Å². The van der Waals surface area contributed by atoms with E-state index in [0.29, 0.717) is 0 Å². The number of hydrogen-bond donors (Lipinski definition) is 0. The minimum atomic E-state index is -4.31. The van der Waals surface area contributed by atoms with Crippen LogP contribution in [0.4, 0.5) is 13.2 Å². The van der Waals surface area contributed by atoms with Crippen LogP contribution in [-0.4, -0.2) is 19.9 Å². The zero-order valence-electron chi connectivity index (χ0n) is 4.96. The first-order valence-electron chi connectivity index (χ1n) is 2.22. The van der Waals surface area contributed by atoms with Crippen LogP contribution < -0.4 is 0 Å². The van der Waals surface area contributed by atoms with Gasteiger partial charge < -0.3 is 4.74 Å². The molecule has 0 aromatic rings. The summed E-state index contributed by atoms with van der Waals surface area (Å²) < 4.78 is 38.6. The fraction of sp³-hybridized carbons (Fsp3) is 0.600. The number of hydrogen-bond acceptors (Lipinski definition) is 1. The van der Waals surface area contributed by atoms with Crippen molar-refractivity contribution >= 4 is 0 Å². The molecule has 0 bridgehead atoms. The SMILES string of the molecule is C=C(COC)C(F)(F)F. The van der Waals surface area contributed by atoms with Crippen molar-refractivity contribution in [3.8, 4) is 0 Å². The molecule has 0 saturated heterocycles. The molecular weight excluding hydrogens is 133 g/mol. The van der Waals surface area contributed by atoms with Crippen molar-refractivity contribution in [3.05, 3.63) is 12.2 Å². The topological polar surface area (TPSA) is 9.23 Å².